The molecular formula is C12H17N3O4S. The molecule has 1 aromatic rings. The number of hydrogen-bond acceptors (Lipinski definition) is 5. The van der Waals surface area contributed by atoms with Crippen molar-refractivity contribution >= 4 is 23.4 Å². The van der Waals surface area contributed by atoms with Crippen LogP contribution in [0.25, 0.3) is 0 Å². The third-order valence-corrected chi connectivity index (χ3v) is 4.69. The van der Waals surface area contributed by atoms with Gasteiger partial charge in [0, 0.05) is 0 Å². The number of nitro groups is 1. The van der Waals surface area contributed by atoms with Crippen molar-refractivity contribution in [2.75, 3.05) is 6.26 Å². The van der Waals surface area contributed by atoms with E-state index in [0.29, 0.717) is 30.7 Å². The summed E-state index contributed by atoms with van der Waals surface area (Å²) < 4.78 is 1.65. The van der Waals surface area contributed by atoms with E-state index in [1.807, 2.05) is 6.92 Å². The third-order valence-electron chi connectivity index (χ3n) is 4.02. The van der Waals surface area contributed by atoms with Gasteiger partial charge in [-0.15, -0.1) is 11.8 Å². The first-order valence-corrected chi connectivity index (χ1v) is 7.61. The van der Waals surface area contributed by atoms with Crippen molar-refractivity contribution in [3.05, 3.63) is 16.3 Å². The highest BCUT2D eigenvalue weighted by Gasteiger charge is 2.37. The molecule has 0 radical (unpaired) electrons. The van der Waals surface area contributed by atoms with Crippen molar-refractivity contribution in [1.29, 1.82) is 0 Å². The van der Waals surface area contributed by atoms with Gasteiger partial charge in [-0.2, -0.15) is 5.10 Å². The maximum atomic E-state index is 11.0. The molecule has 1 N–H and O–H groups in total. The third kappa shape index (κ3) is 2.65. The first kappa shape index (κ1) is 14.8. The van der Waals surface area contributed by atoms with Gasteiger partial charge in [-0.25, -0.2) is 0 Å². The van der Waals surface area contributed by atoms with Gasteiger partial charge in [0.05, 0.1) is 16.4 Å². The maximum absolute atomic E-state index is 11.0. The molecule has 110 valence electrons. The number of carboxylic acid groups (broad SMARTS) is 1. The quantitative estimate of drug-likeness (QED) is 0.521. The molecule has 0 aromatic carbocycles. The Morgan fingerprint density at radius 2 is 2.20 bits per heavy atom. The molecular weight excluding hydrogens is 282 g/mol. The van der Waals surface area contributed by atoms with Crippen LogP contribution in [0.2, 0.25) is 0 Å². The topological polar surface area (TPSA) is 98.3 Å². The molecule has 0 spiro atoms. The van der Waals surface area contributed by atoms with Crippen LogP contribution in [-0.2, 0) is 10.3 Å². The first-order chi connectivity index (χ1) is 9.37. The van der Waals surface area contributed by atoms with Crippen molar-refractivity contribution in [2.45, 2.75) is 43.2 Å². The summed E-state index contributed by atoms with van der Waals surface area (Å²) in [7, 11) is 0. The Morgan fingerprint density at radius 1 is 1.60 bits per heavy atom. The van der Waals surface area contributed by atoms with E-state index in [2.05, 4.69) is 5.10 Å². The molecule has 8 heteroatoms. The number of aromatic nitrogens is 2. The van der Waals surface area contributed by atoms with E-state index in [1.54, 1.807) is 10.9 Å². The average molecular weight is 299 g/mol. The zero-order valence-corrected chi connectivity index (χ0v) is 12.2. The number of rotatable bonds is 4. The van der Waals surface area contributed by atoms with Gasteiger partial charge in [-0.05, 0) is 38.9 Å². The van der Waals surface area contributed by atoms with E-state index in [4.69, 9.17) is 5.11 Å². The minimum atomic E-state index is -0.761. The molecule has 1 aliphatic rings. The number of nitrogens with zero attached hydrogens (tertiary/aromatic N) is 3. The molecule has 0 atom stereocenters. The molecule has 0 unspecified atom stereocenters. The zero-order chi connectivity index (χ0) is 14.9. The Labute approximate surface area is 120 Å². The van der Waals surface area contributed by atoms with Crippen LogP contribution in [0.4, 0.5) is 5.69 Å². The summed E-state index contributed by atoms with van der Waals surface area (Å²) in [5.41, 5.74) is -0.330. The molecule has 2 rings (SSSR count). The lowest BCUT2D eigenvalue weighted by Gasteiger charge is -2.36. The monoisotopic (exact) mass is 299 g/mol. The molecule has 0 amide bonds. The van der Waals surface area contributed by atoms with E-state index < -0.39 is 10.9 Å². The summed E-state index contributed by atoms with van der Waals surface area (Å²) in [6, 6.07) is 0. The lowest BCUT2D eigenvalue weighted by atomic mass is 9.78. The number of thioether (sulfide) groups is 1. The second-order valence-electron chi connectivity index (χ2n) is 5.33. The Hall–Kier alpha value is -1.57. The van der Waals surface area contributed by atoms with Gasteiger partial charge >= 0.3 is 11.7 Å². The normalized spacial score (nSPS) is 26.4. The van der Waals surface area contributed by atoms with E-state index in [1.165, 1.54) is 18.0 Å². The predicted octanol–water partition coefficient (Wildman–Crippen LogP) is 2.50. The van der Waals surface area contributed by atoms with E-state index in [9.17, 15) is 14.9 Å². The fraction of sp³-hybridized carbons (Fsp3) is 0.667. The van der Waals surface area contributed by atoms with E-state index in [0.717, 1.165) is 0 Å². The van der Waals surface area contributed by atoms with Crippen molar-refractivity contribution in [1.82, 2.24) is 9.78 Å². The van der Waals surface area contributed by atoms with Crippen LogP contribution >= 0.6 is 11.8 Å². The highest BCUT2D eigenvalue weighted by molar-refractivity contribution is 7.98. The summed E-state index contributed by atoms with van der Waals surface area (Å²) in [5, 5.41) is 24.7. The average Bonchev–Trinajstić information content (AvgIpc) is 2.84. The summed E-state index contributed by atoms with van der Waals surface area (Å²) in [5.74, 6) is -1.07. The number of carbonyl (C=O) groups is 1. The lowest BCUT2D eigenvalue weighted by molar-refractivity contribution is -0.387. The van der Waals surface area contributed by atoms with Crippen molar-refractivity contribution in [2.24, 2.45) is 5.92 Å². The van der Waals surface area contributed by atoms with Crippen LogP contribution in [0.15, 0.2) is 11.2 Å². The Kier molecular flexibility index (Phi) is 4.03. The molecule has 0 saturated heterocycles. The first-order valence-electron chi connectivity index (χ1n) is 6.39. The van der Waals surface area contributed by atoms with Crippen molar-refractivity contribution < 1.29 is 14.8 Å². The smallest absolute Gasteiger partial charge is 0.320 e. The number of carboxylic acids is 1. The highest BCUT2D eigenvalue weighted by atomic mass is 32.2. The van der Waals surface area contributed by atoms with Crippen LogP contribution in [0.5, 0.6) is 0 Å². The Morgan fingerprint density at radius 3 is 2.60 bits per heavy atom. The summed E-state index contributed by atoms with van der Waals surface area (Å²) >= 11 is 1.25. The van der Waals surface area contributed by atoms with Crippen molar-refractivity contribution in [3.8, 4) is 0 Å². The Balaban J connectivity index is 2.23. The fourth-order valence-corrected chi connectivity index (χ4v) is 3.12. The van der Waals surface area contributed by atoms with Crippen LogP contribution in [0.1, 0.15) is 32.6 Å². The van der Waals surface area contributed by atoms with Crippen LogP contribution in [-0.4, -0.2) is 32.0 Å². The van der Waals surface area contributed by atoms with E-state index in [-0.39, 0.29) is 17.1 Å². The summed E-state index contributed by atoms with van der Waals surface area (Å²) in [4.78, 5) is 21.5. The SMILES string of the molecule is CSc1nn(C2(C)CCC(C(=O)O)CC2)cc1[N+](=O)[O-]. The molecule has 20 heavy (non-hydrogen) atoms. The van der Waals surface area contributed by atoms with E-state index >= 15 is 0 Å². The largest absolute Gasteiger partial charge is 0.481 e. The number of aliphatic carboxylic acids is 1. The Bertz CT molecular complexity index is 535. The maximum Gasteiger partial charge on any atom is 0.320 e. The van der Waals surface area contributed by atoms with Crippen LogP contribution < -0.4 is 0 Å². The minimum Gasteiger partial charge on any atom is -0.481 e. The van der Waals surface area contributed by atoms with Crippen molar-refractivity contribution in [3.63, 3.8) is 0 Å². The molecule has 0 bridgehead atoms. The number of hydrogen-bond donors (Lipinski definition) is 1. The molecule has 1 aliphatic carbocycles. The van der Waals surface area contributed by atoms with Crippen LogP contribution in [0.3, 0.4) is 0 Å². The molecule has 7 nitrogen and oxygen atoms in total. The van der Waals surface area contributed by atoms with Gasteiger partial charge in [-0.3, -0.25) is 19.6 Å². The summed E-state index contributed by atoms with van der Waals surface area (Å²) in [6.45, 7) is 1.98. The van der Waals surface area contributed by atoms with Gasteiger partial charge in [0.1, 0.15) is 6.20 Å². The second-order valence-corrected chi connectivity index (χ2v) is 6.13. The zero-order valence-electron chi connectivity index (χ0n) is 11.4. The van der Waals surface area contributed by atoms with Gasteiger partial charge < -0.3 is 5.11 Å². The van der Waals surface area contributed by atoms with Gasteiger partial charge in [-0.1, -0.05) is 0 Å². The second kappa shape index (κ2) is 5.43. The van der Waals surface area contributed by atoms with Crippen LogP contribution in [0, 0.1) is 16.0 Å². The van der Waals surface area contributed by atoms with Gasteiger partial charge in [0.2, 0.25) is 0 Å². The molecule has 1 fully saturated rings. The standard InChI is InChI=1S/C12H17N3O4S/c1-12(5-3-8(4-6-12)11(16)17)14-7-9(15(18)19)10(13-14)20-2/h7-8H,3-6H2,1-2H3,(H,16,17). The molecule has 1 saturated carbocycles. The highest BCUT2D eigenvalue weighted by Crippen LogP contribution is 2.39. The minimum absolute atomic E-state index is 0.0130. The predicted molar refractivity (Wildman–Crippen MR) is 73.9 cm³/mol. The molecule has 1 heterocycles. The van der Waals surface area contributed by atoms with Gasteiger partial charge in [0.25, 0.3) is 0 Å². The van der Waals surface area contributed by atoms with Gasteiger partial charge in [0.15, 0.2) is 5.03 Å². The fourth-order valence-electron chi connectivity index (χ4n) is 2.61. The lowest BCUT2D eigenvalue weighted by Crippen LogP contribution is -2.37. The summed E-state index contributed by atoms with van der Waals surface area (Å²) in [6.07, 6.45) is 5.70. The molecule has 1 aromatic heterocycles. The molecule has 0 aliphatic heterocycles.